The van der Waals surface area contributed by atoms with Gasteiger partial charge in [-0.2, -0.15) is 0 Å². The van der Waals surface area contributed by atoms with Gasteiger partial charge in [-0.05, 0) is 24.7 Å². The number of hydrogen-bond donors (Lipinski definition) is 2. The molecule has 2 N–H and O–H groups in total. The molecule has 0 aromatic carbocycles. The molecule has 3 unspecified atom stereocenters. The molecule has 5 heteroatoms. The van der Waals surface area contributed by atoms with Crippen LogP contribution in [0.15, 0.2) is 0 Å². The average Bonchev–Trinajstić information content (AvgIpc) is 2.14. The van der Waals surface area contributed by atoms with Crippen LogP contribution < -0.4 is 0 Å². The Bertz CT molecular complexity index is 228. The highest BCUT2D eigenvalue weighted by Crippen LogP contribution is 2.42. The number of rotatable bonds is 7. The molecule has 16 heavy (non-hydrogen) atoms. The minimum Gasteiger partial charge on any atom is -0.303 e. The minimum absolute atomic E-state index is 0.183. The van der Waals surface area contributed by atoms with E-state index in [0.717, 1.165) is 12.8 Å². The Balaban J connectivity index is 4.69. The third-order valence-corrected chi connectivity index (χ3v) is 4.05. The Morgan fingerprint density at radius 1 is 1.06 bits per heavy atom. The maximum absolute atomic E-state index is 10.8. The Kier molecular flexibility index (Phi) is 6.80. The van der Waals surface area contributed by atoms with E-state index in [-0.39, 0.29) is 5.92 Å². The molecule has 0 rings (SSSR count). The van der Waals surface area contributed by atoms with Crippen molar-refractivity contribution in [3.05, 3.63) is 0 Å². The van der Waals surface area contributed by atoms with Crippen LogP contribution in [0.3, 0.4) is 0 Å². The average molecular weight is 252 g/mol. The Labute approximate surface area is 98.6 Å². The lowest BCUT2D eigenvalue weighted by Crippen LogP contribution is -2.31. The van der Waals surface area contributed by atoms with E-state index in [9.17, 15) is 4.57 Å². The molecule has 0 aliphatic carbocycles. The van der Waals surface area contributed by atoms with Gasteiger partial charge in [-0.15, -0.1) is 0 Å². The first-order valence-electron chi connectivity index (χ1n) is 5.96. The van der Waals surface area contributed by atoms with E-state index in [1.54, 1.807) is 6.92 Å². The van der Waals surface area contributed by atoms with Crippen LogP contribution in [0.5, 0.6) is 0 Å². The fourth-order valence-corrected chi connectivity index (χ4v) is 2.89. The molecule has 0 saturated heterocycles. The van der Waals surface area contributed by atoms with E-state index < -0.39 is 13.9 Å². The van der Waals surface area contributed by atoms with Gasteiger partial charge in [-0.3, -0.25) is 4.52 Å². The number of phosphoric ester groups is 1. The van der Waals surface area contributed by atoms with E-state index in [2.05, 4.69) is 27.7 Å². The second kappa shape index (κ2) is 6.75. The lowest BCUT2D eigenvalue weighted by atomic mass is 9.77. The quantitative estimate of drug-likeness (QED) is 0.683. The molecule has 0 bridgehead atoms. The van der Waals surface area contributed by atoms with Gasteiger partial charge in [0.15, 0.2) is 0 Å². The zero-order valence-corrected chi connectivity index (χ0v) is 11.8. The van der Waals surface area contributed by atoms with E-state index in [1.165, 1.54) is 0 Å². The van der Waals surface area contributed by atoms with Crippen molar-refractivity contribution in [1.82, 2.24) is 0 Å². The molecule has 0 aromatic rings. The molecule has 0 amide bonds. The molecule has 4 nitrogen and oxygen atoms in total. The van der Waals surface area contributed by atoms with Crippen LogP contribution in [0.1, 0.15) is 47.5 Å². The van der Waals surface area contributed by atoms with Crippen LogP contribution in [0.4, 0.5) is 0 Å². The zero-order valence-electron chi connectivity index (χ0n) is 10.9. The van der Waals surface area contributed by atoms with Crippen LogP contribution in [0.2, 0.25) is 0 Å². The van der Waals surface area contributed by atoms with E-state index in [0.29, 0.717) is 11.8 Å². The van der Waals surface area contributed by atoms with Crippen molar-refractivity contribution in [2.45, 2.75) is 53.6 Å². The first kappa shape index (κ1) is 16.1. The van der Waals surface area contributed by atoms with Crippen molar-refractivity contribution in [2.75, 3.05) is 0 Å². The fourth-order valence-electron chi connectivity index (χ4n) is 2.32. The van der Waals surface area contributed by atoms with Crippen molar-refractivity contribution in [2.24, 2.45) is 17.8 Å². The summed E-state index contributed by atoms with van der Waals surface area (Å²) in [5.74, 6) is 0.982. The molecule has 0 aromatic heterocycles. The molecule has 98 valence electrons. The molecule has 0 saturated carbocycles. The highest BCUT2D eigenvalue weighted by molar-refractivity contribution is 7.46. The summed E-state index contributed by atoms with van der Waals surface area (Å²) in [4.78, 5) is 17.7. The lowest BCUT2D eigenvalue weighted by molar-refractivity contribution is 0.0476. The number of hydrogen-bond acceptors (Lipinski definition) is 2. The van der Waals surface area contributed by atoms with E-state index in [1.807, 2.05) is 0 Å². The number of phosphoric acid groups is 1. The standard InChI is InChI=1S/C11H25O4P/c1-6-8(3)11(9(4)7-2)10(5)15-16(12,13)14/h8-11H,6-7H2,1-5H3,(H2,12,13,14). The second-order valence-corrected chi connectivity index (χ2v) is 5.84. The third kappa shape index (κ3) is 5.44. The SMILES string of the molecule is CCC(C)C(C(C)CC)C(C)OP(=O)(O)O. The topological polar surface area (TPSA) is 66.8 Å². The molecule has 0 heterocycles. The maximum atomic E-state index is 10.8. The Morgan fingerprint density at radius 2 is 1.44 bits per heavy atom. The molecule has 0 aliphatic rings. The monoisotopic (exact) mass is 252 g/mol. The van der Waals surface area contributed by atoms with Crippen molar-refractivity contribution >= 4 is 7.82 Å². The van der Waals surface area contributed by atoms with Gasteiger partial charge in [-0.1, -0.05) is 40.5 Å². The van der Waals surface area contributed by atoms with Gasteiger partial charge in [0.25, 0.3) is 0 Å². The summed E-state index contributed by atoms with van der Waals surface area (Å²) < 4.78 is 15.7. The van der Waals surface area contributed by atoms with Gasteiger partial charge in [0.05, 0.1) is 6.10 Å². The third-order valence-electron chi connectivity index (χ3n) is 3.45. The van der Waals surface area contributed by atoms with Gasteiger partial charge in [0, 0.05) is 0 Å². The smallest absolute Gasteiger partial charge is 0.303 e. The van der Waals surface area contributed by atoms with Crippen molar-refractivity contribution in [3.63, 3.8) is 0 Å². The summed E-state index contributed by atoms with van der Waals surface area (Å²) >= 11 is 0. The molecular formula is C11H25O4P. The van der Waals surface area contributed by atoms with Crippen LogP contribution in [-0.4, -0.2) is 15.9 Å². The van der Waals surface area contributed by atoms with Crippen molar-refractivity contribution < 1.29 is 18.9 Å². The van der Waals surface area contributed by atoms with Gasteiger partial charge in [0.1, 0.15) is 0 Å². The van der Waals surface area contributed by atoms with Crippen molar-refractivity contribution in [1.29, 1.82) is 0 Å². The first-order chi connectivity index (χ1) is 7.22. The van der Waals surface area contributed by atoms with Crippen LogP contribution in [0.25, 0.3) is 0 Å². The summed E-state index contributed by atoms with van der Waals surface area (Å²) in [6, 6.07) is 0. The summed E-state index contributed by atoms with van der Waals surface area (Å²) in [5, 5.41) is 0. The van der Waals surface area contributed by atoms with Crippen LogP contribution >= 0.6 is 7.82 Å². The van der Waals surface area contributed by atoms with Gasteiger partial charge < -0.3 is 9.79 Å². The van der Waals surface area contributed by atoms with Crippen LogP contribution in [0, 0.1) is 17.8 Å². The normalized spacial score (nSPS) is 20.2. The highest BCUT2D eigenvalue weighted by Gasteiger charge is 2.32. The molecule has 0 spiro atoms. The van der Waals surface area contributed by atoms with Crippen LogP contribution in [-0.2, 0) is 9.09 Å². The highest BCUT2D eigenvalue weighted by atomic mass is 31.2. The predicted octanol–water partition coefficient (Wildman–Crippen LogP) is 3.19. The first-order valence-corrected chi connectivity index (χ1v) is 7.49. The summed E-state index contributed by atoms with van der Waals surface area (Å²) in [5.41, 5.74) is 0. The Morgan fingerprint density at radius 3 is 1.69 bits per heavy atom. The molecule has 0 aliphatic heterocycles. The van der Waals surface area contributed by atoms with Gasteiger partial charge in [-0.25, -0.2) is 4.57 Å². The molecule has 3 atom stereocenters. The second-order valence-electron chi connectivity index (χ2n) is 4.65. The Hall–Kier alpha value is 0.110. The summed E-state index contributed by atoms with van der Waals surface area (Å²) in [7, 11) is -4.38. The van der Waals surface area contributed by atoms with Gasteiger partial charge >= 0.3 is 7.82 Å². The largest absolute Gasteiger partial charge is 0.469 e. The lowest BCUT2D eigenvalue weighted by Gasteiger charge is -2.33. The van der Waals surface area contributed by atoms with E-state index in [4.69, 9.17) is 14.3 Å². The predicted molar refractivity (Wildman–Crippen MR) is 65.0 cm³/mol. The summed E-state index contributed by atoms with van der Waals surface area (Å²) in [6.45, 7) is 10.1. The maximum Gasteiger partial charge on any atom is 0.469 e. The molecular weight excluding hydrogens is 227 g/mol. The van der Waals surface area contributed by atoms with Gasteiger partial charge in [0.2, 0.25) is 0 Å². The zero-order chi connectivity index (χ0) is 12.9. The van der Waals surface area contributed by atoms with Crippen molar-refractivity contribution in [3.8, 4) is 0 Å². The molecule has 0 fully saturated rings. The van der Waals surface area contributed by atoms with E-state index >= 15 is 0 Å². The minimum atomic E-state index is -4.38. The molecule has 0 radical (unpaired) electrons. The summed E-state index contributed by atoms with van der Waals surface area (Å²) in [6.07, 6.45) is 1.57. The fraction of sp³-hybridized carbons (Fsp3) is 1.00.